The standard InChI is InChI=1S/C26H30N4O2/c1-3-29(4-2)26(32)22-15-21-12-11-20(16-23(21)28-24(27)17-22)18-7-9-19(10-8-18)25(31)30-13-5-6-14-30/h7-12,15-16H,3-6,13-14,17H2,1-2H3,(H2,27,28). The minimum absolute atomic E-state index is 0.00309. The second-order valence-electron chi connectivity index (χ2n) is 8.28. The van der Waals surface area contributed by atoms with E-state index in [0.717, 1.165) is 53.9 Å². The highest BCUT2D eigenvalue weighted by Gasteiger charge is 2.21. The summed E-state index contributed by atoms with van der Waals surface area (Å²) in [6.07, 6.45) is 4.41. The Morgan fingerprint density at radius 2 is 1.66 bits per heavy atom. The van der Waals surface area contributed by atoms with Crippen LogP contribution in [0.15, 0.2) is 53.0 Å². The molecule has 2 aliphatic rings. The maximum atomic E-state index is 12.9. The van der Waals surface area contributed by atoms with Gasteiger partial charge in [-0.15, -0.1) is 0 Å². The number of aliphatic imine (C=N–C) groups is 1. The molecule has 1 fully saturated rings. The first-order valence-electron chi connectivity index (χ1n) is 11.4. The molecular weight excluding hydrogens is 400 g/mol. The molecule has 2 aromatic carbocycles. The van der Waals surface area contributed by atoms with E-state index in [4.69, 9.17) is 5.73 Å². The number of amidine groups is 1. The molecule has 2 aliphatic heterocycles. The Labute approximate surface area is 189 Å². The lowest BCUT2D eigenvalue weighted by molar-refractivity contribution is -0.126. The van der Waals surface area contributed by atoms with Gasteiger partial charge in [0.15, 0.2) is 0 Å². The van der Waals surface area contributed by atoms with Gasteiger partial charge < -0.3 is 15.5 Å². The molecule has 6 heteroatoms. The van der Waals surface area contributed by atoms with Gasteiger partial charge >= 0.3 is 0 Å². The van der Waals surface area contributed by atoms with Crippen molar-refractivity contribution in [3.8, 4) is 11.1 Å². The molecule has 2 amide bonds. The average Bonchev–Trinajstić information content (AvgIpc) is 3.29. The zero-order chi connectivity index (χ0) is 22.7. The number of benzene rings is 2. The van der Waals surface area contributed by atoms with Crippen LogP contribution >= 0.6 is 0 Å². The smallest absolute Gasteiger partial charge is 0.253 e. The molecule has 0 saturated carbocycles. The first kappa shape index (κ1) is 21.8. The zero-order valence-corrected chi connectivity index (χ0v) is 18.8. The van der Waals surface area contributed by atoms with Crippen molar-refractivity contribution in [1.82, 2.24) is 9.80 Å². The summed E-state index contributed by atoms with van der Waals surface area (Å²) in [6.45, 7) is 6.95. The summed E-state index contributed by atoms with van der Waals surface area (Å²) in [6, 6.07) is 13.7. The molecule has 0 aliphatic carbocycles. The lowest BCUT2D eigenvalue weighted by Crippen LogP contribution is -2.32. The molecule has 0 radical (unpaired) electrons. The monoisotopic (exact) mass is 430 g/mol. The number of carbonyl (C=O) groups is 2. The highest BCUT2D eigenvalue weighted by Crippen LogP contribution is 2.32. The third kappa shape index (κ3) is 4.44. The summed E-state index contributed by atoms with van der Waals surface area (Å²) in [5.41, 5.74) is 11.2. The van der Waals surface area contributed by atoms with Crippen molar-refractivity contribution in [1.29, 1.82) is 0 Å². The van der Waals surface area contributed by atoms with Crippen LogP contribution in [0, 0.1) is 0 Å². The first-order chi connectivity index (χ1) is 15.5. The van der Waals surface area contributed by atoms with Crippen LogP contribution in [-0.2, 0) is 4.79 Å². The van der Waals surface area contributed by atoms with Crippen LogP contribution in [0.2, 0.25) is 0 Å². The van der Waals surface area contributed by atoms with Crippen LogP contribution in [0.25, 0.3) is 17.2 Å². The summed E-state index contributed by atoms with van der Waals surface area (Å²) in [7, 11) is 0. The Balaban J connectivity index is 1.60. The van der Waals surface area contributed by atoms with Crippen molar-refractivity contribution in [2.24, 2.45) is 10.7 Å². The van der Waals surface area contributed by atoms with Crippen molar-refractivity contribution in [3.63, 3.8) is 0 Å². The number of hydrogen-bond acceptors (Lipinski definition) is 4. The average molecular weight is 431 g/mol. The number of amides is 2. The van der Waals surface area contributed by atoms with Gasteiger partial charge in [0, 0.05) is 49.3 Å². The minimum Gasteiger partial charge on any atom is -0.387 e. The van der Waals surface area contributed by atoms with Crippen LogP contribution in [0.5, 0.6) is 0 Å². The van der Waals surface area contributed by atoms with Crippen molar-refractivity contribution in [2.45, 2.75) is 33.1 Å². The summed E-state index contributed by atoms with van der Waals surface area (Å²) in [5, 5.41) is 0. The Kier molecular flexibility index (Phi) is 6.40. The number of hydrogen-bond donors (Lipinski definition) is 1. The van der Waals surface area contributed by atoms with Gasteiger partial charge in [-0.3, -0.25) is 9.59 Å². The summed E-state index contributed by atoms with van der Waals surface area (Å²) in [5.74, 6) is 0.534. The second kappa shape index (κ2) is 9.39. The molecule has 0 spiro atoms. The Bertz CT molecular complexity index is 1080. The van der Waals surface area contributed by atoms with Gasteiger partial charge in [-0.25, -0.2) is 4.99 Å². The molecule has 1 saturated heterocycles. The Hall–Kier alpha value is -3.41. The van der Waals surface area contributed by atoms with E-state index in [1.165, 1.54) is 0 Å². The molecule has 2 aromatic rings. The van der Waals surface area contributed by atoms with Crippen molar-refractivity contribution in [2.75, 3.05) is 26.2 Å². The molecule has 4 rings (SSSR count). The van der Waals surface area contributed by atoms with Crippen LogP contribution in [-0.4, -0.2) is 53.6 Å². The summed E-state index contributed by atoms with van der Waals surface area (Å²) < 4.78 is 0. The van der Waals surface area contributed by atoms with Gasteiger partial charge in [0.05, 0.1) is 5.69 Å². The predicted molar refractivity (Wildman–Crippen MR) is 129 cm³/mol. The lowest BCUT2D eigenvalue weighted by atomic mass is 9.99. The zero-order valence-electron chi connectivity index (χ0n) is 18.8. The maximum Gasteiger partial charge on any atom is 0.253 e. The molecule has 166 valence electrons. The summed E-state index contributed by atoms with van der Waals surface area (Å²) >= 11 is 0. The maximum absolute atomic E-state index is 12.9. The van der Waals surface area contributed by atoms with E-state index in [-0.39, 0.29) is 11.8 Å². The highest BCUT2D eigenvalue weighted by atomic mass is 16.2. The topological polar surface area (TPSA) is 79.0 Å². The van der Waals surface area contributed by atoms with Gasteiger partial charge in [0.1, 0.15) is 5.84 Å². The molecule has 0 atom stereocenters. The van der Waals surface area contributed by atoms with E-state index in [1.807, 2.05) is 67.3 Å². The second-order valence-corrected chi connectivity index (χ2v) is 8.28. The summed E-state index contributed by atoms with van der Waals surface area (Å²) in [4.78, 5) is 33.7. The number of likely N-dealkylation sites (N-methyl/N-ethyl adjacent to an activating group) is 1. The van der Waals surface area contributed by atoms with Crippen molar-refractivity contribution >= 4 is 29.4 Å². The van der Waals surface area contributed by atoms with Gasteiger partial charge in [0.25, 0.3) is 5.91 Å². The number of nitrogens with two attached hydrogens (primary N) is 1. The fourth-order valence-corrected chi connectivity index (χ4v) is 4.33. The van der Waals surface area contributed by atoms with Crippen LogP contribution < -0.4 is 5.73 Å². The Morgan fingerprint density at radius 3 is 2.31 bits per heavy atom. The van der Waals surface area contributed by atoms with Gasteiger partial charge in [-0.2, -0.15) is 0 Å². The van der Waals surface area contributed by atoms with Crippen molar-refractivity contribution in [3.05, 3.63) is 59.2 Å². The van der Waals surface area contributed by atoms with E-state index in [2.05, 4.69) is 4.99 Å². The predicted octanol–water partition coefficient (Wildman–Crippen LogP) is 4.23. The third-order valence-electron chi connectivity index (χ3n) is 6.18. The molecule has 2 N–H and O–H groups in total. The minimum atomic E-state index is 0.00309. The molecule has 0 unspecified atom stereocenters. The number of carbonyl (C=O) groups excluding carboxylic acids is 2. The van der Waals surface area contributed by atoms with E-state index in [0.29, 0.717) is 30.9 Å². The molecule has 6 nitrogen and oxygen atoms in total. The largest absolute Gasteiger partial charge is 0.387 e. The number of likely N-dealkylation sites (tertiary alicyclic amines) is 1. The van der Waals surface area contributed by atoms with Gasteiger partial charge in [0.2, 0.25) is 5.91 Å². The van der Waals surface area contributed by atoms with E-state index in [9.17, 15) is 9.59 Å². The molecule has 0 bridgehead atoms. The van der Waals surface area contributed by atoms with Gasteiger partial charge in [-0.1, -0.05) is 24.3 Å². The fraction of sp³-hybridized carbons (Fsp3) is 0.346. The SMILES string of the molecule is CCN(CC)C(=O)C1=Cc2ccc(-c3ccc(C(=O)N4CCCC4)cc3)cc2N=C(N)C1. The lowest BCUT2D eigenvalue weighted by Gasteiger charge is -2.20. The van der Waals surface area contributed by atoms with Gasteiger partial charge in [-0.05, 0) is 62.1 Å². The first-order valence-corrected chi connectivity index (χ1v) is 11.4. The molecule has 32 heavy (non-hydrogen) atoms. The van der Waals surface area contributed by atoms with Crippen molar-refractivity contribution < 1.29 is 9.59 Å². The molecular formula is C26H30N4O2. The van der Waals surface area contributed by atoms with E-state index < -0.39 is 0 Å². The highest BCUT2D eigenvalue weighted by molar-refractivity contribution is 6.05. The van der Waals surface area contributed by atoms with Crippen LogP contribution in [0.3, 0.4) is 0 Å². The normalized spacial score (nSPS) is 15.5. The molecule has 0 aromatic heterocycles. The number of nitrogens with zero attached hydrogens (tertiary/aromatic N) is 3. The molecule has 2 heterocycles. The fourth-order valence-electron chi connectivity index (χ4n) is 4.33. The van der Waals surface area contributed by atoms with Crippen LogP contribution in [0.4, 0.5) is 5.69 Å². The number of rotatable bonds is 5. The quantitative estimate of drug-likeness (QED) is 0.771. The van der Waals surface area contributed by atoms with Crippen LogP contribution in [0.1, 0.15) is 49.0 Å². The van der Waals surface area contributed by atoms with E-state index >= 15 is 0 Å². The third-order valence-corrected chi connectivity index (χ3v) is 6.18. The Morgan fingerprint density at radius 1 is 1.00 bits per heavy atom. The van der Waals surface area contributed by atoms with E-state index in [1.54, 1.807) is 4.90 Å². The number of fused-ring (bicyclic) bond motifs is 1.